The monoisotopic (exact) mass is 255 g/mol. The minimum atomic E-state index is 0.544. The van der Waals surface area contributed by atoms with Crippen molar-refractivity contribution in [2.75, 3.05) is 26.2 Å². The van der Waals surface area contributed by atoms with E-state index in [0.717, 1.165) is 32.1 Å². The maximum Gasteiger partial charge on any atom is 0.205 e. The van der Waals surface area contributed by atoms with Crippen molar-refractivity contribution in [2.45, 2.75) is 52.0 Å². The van der Waals surface area contributed by atoms with Gasteiger partial charge in [-0.2, -0.15) is 0 Å². The Bertz CT molecular complexity index is 232. The molecule has 0 aromatic heterocycles. The van der Waals surface area contributed by atoms with E-state index in [1.54, 1.807) is 0 Å². The minimum Gasteiger partial charge on any atom is -0.353 e. The van der Waals surface area contributed by atoms with Crippen molar-refractivity contribution >= 4 is 5.96 Å². The number of hydrogen-bond acceptors (Lipinski definition) is 3. The van der Waals surface area contributed by atoms with E-state index < -0.39 is 0 Å². The molecule has 1 rings (SSSR count). The number of hydrazine groups is 1. The first kappa shape index (κ1) is 15.2. The van der Waals surface area contributed by atoms with Crippen LogP contribution >= 0.6 is 0 Å². The van der Waals surface area contributed by atoms with Gasteiger partial charge in [-0.05, 0) is 25.9 Å². The van der Waals surface area contributed by atoms with Crippen LogP contribution in [0.2, 0.25) is 0 Å². The van der Waals surface area contributed by atoms with Gasteiger partial charge in [0.15, 0.2) is 0 Å². The van der Waals surface area contributed by atoms with Gasteiger partial charge in [0.25, 0.3) is 0 Å². The lowest BCUT2D eigenvalue weighted by atomic mass is 9.96. The highest BCUT2D eigenvalue weighted by atomic mass is 15.3. The third kappa shape index (κ3) is 5.69. The summed E-state index contributed by atoms with van der Waals surface area (Å²) in [5.74, 6) is 6.26. The summed E-state index contributed by atoms with van der Waals surface area (Å²) in [6.07, 6.45) is 6.46. The van der Waals surface area contributed by atoms with Crippen LogP contribution < -0.4 is 16.6 Å². The SMILES string of the molecule is CCN(CC)CCN=C(NN)NC1CCCCC1. The van der Waals surface area contributed by atoms with Gasteiger partial charge in [-0.1, -0.05) is 33.1 Å². The molecule has 1 saturated carbocycles. The molecule has 18 heavy (non-hydrogen) atoms. The normalized spacial score (nSPS) is 18.1. The largest absolute Gasteiger partial charge is 0.353 e. The summed E-state index contributed by atoms with van der Waals surface area (Å²) in [6, 6.07) is 0.544. The molecule has 1 aliphatic carbocycles. The van der Waals surface area contributed by atoms with Gasteiger partial charge in [0, 0.05) is 12.6 Å². The maximum absolute atomic E-state index is 5.51. The first-order valence-electron chi connectivity index (χ1n) is 7.30. The number of guanidine groups is 1. The molecule has 0 aromatic rings. The average Bonchev–Trinajstić information content (AvgIpc) is 2.43. The van der Waals surface area contributed by atoms with Gasteiger partial charge in [-0.25, -0.2) is 5.84 Å². The Morgan fingerprint density at radius 1 is 1.22 bits per heavy atom. The zero-order chi connectivity index (χ0) is 13.2. The minimum absolute atomic E-state index is 0.544. The van der Waals surface area contributed by atoms with Gasteiger partial charge >= 0.3 is 0 Å². The summed E-state index contributed by atoms with van der Waals surface area (Å²) in [5, 5.41) is 3.41. The molecule has 0 aliphatic heterocycles. The predicted octanol–water partition coefficient (Wildman–Crippen LogP) is 1.07. The van der Waals surface area contributed by atoms with Gasteiger partial charge in [0.2, 0.25) is 5.96 Å². The Morgan fingerprint density at radius 2 is 1.89 bits per heavy atom. The summed E-state index contributed by atoms with van der Waals surface area (Å²) in [5.41, 5.74) is 2.68. The lowest BCUT2D eigenvalue weighted by Crippen LogP contribution is -2.47. The molecule has 0 unspecified atom stereocenters. The fraction of sp³-hybridized carbons (Fsp3) is 0.923. The number of aliphatic imine (C=N–C) groups is 1. The maximum atomic E-state index is 5.51. The van der Waals surface area contributed by atoms with E-state index in [0.29, 0.717) is 6.04 Å². The average molecular weight is 255 g/mol. The van der Waals surface area contributed by atoms with Crippen LogP contribution in [0.3, 0.4) is 0 Å². The van der Waals surface area contributed by atoms with E-state index in [1.165, 1.54) is 32.1 Å². The Kier molecular flexibility index (Phi) is 7.76. The van der Waals surface area contributed by atoms with Crippen molar-refractivity contribution in [3.8, 4) is 0 Å². The molecule has 0 saturated heterocycles. The van der Waals surface area contributed by atoms with E-state index in [1.807, 2.05) is 0 Å². The first-order chi connectivity index (χ1) is 8.80. The van der Waals surface area contributed by atoms with Crippen LogP contribution in [-0.4, -0.2) is 43.1 Å². The highest BCUT2D eigenvalue weighted by molar-refractivity contribution is 5.79. The second kappa shape index (κ2) is 9.16. The van der Waals surface area contributed by atoms with Crippen LogP contribution in [-0.2, 0) is 0 Å². The fourth-order valence-electron chi connectivity index (χ4n) is 2.42. The molecule has 0 radical (unpaired) electrons. The molecule has 0 aromatic carbocycles. The number of nitrogens with one attached hydrogen (secondary N) is 2. The highest BCUT2D eigenvalue weighted by Crippen LogP contribution is 2.17. The fourth-order valence-corrected chi connectivity index (χ4v) is 2.42. The molecule has 1 fully saturated rings. The molecule has 4 N–H and O–H groups in total. The quantitative estimate of drug-likeness (QED) is 0.287. The summed E-state index contributed by atoms with van der Waals surface area (Å²) in [6.45, 7) is 8.29. The van der Waals surface area contributed by atoms with Crippen LogP contribution in [0.5, 0.6) is 0 Å². The Labute approximate surface area is 111 Å². The van der Waals surface area contributed by atoms with Gasteiger partial charge in [0.05, 0.1) is 6.54 Å². The molecule has 0 amide bonds. The third-order valence-corrected chi connectivity index (χ3v) is 3.66. The van der Waals surface area contributed by atoms with Gasteiger partial charge in [-0.3, -0.25) is 10.4 Å². The zero-order valence-corrected chi connectivity index (χ0v) is 11.9. The first-order valence-corrected chi connectivity index (χ1v) is 7.30. The van der Waals surface area contributed by atoms with Crippen molar-refractivity contribution in [1.82, 2.24) is 15.6 Å². The lowest BCUT2D eigenvalue weighted by Gasteiger charge is -2.24. The van der Waals surface area contributed by atoms with E-state index in [2.05, 4.69) is 34.5 Å². The molecule has 5 heteroatoms. The Balaban J connectivity index is 2.29. The summed E-state index contributed by atoms with van der Waals surface area (Å²) >= 11 is 0. The molecule has 106 valence electrons. The zero-order valence-electron chi connectivity index (χ0n) is 11.9. The number of nitrogens with zero attached hydrogens (tertiary/aromatic N) is 2. The number of nitrogens with two attached hydrogens (primary N) is 1. The molecule has 0 bridgehead atoms. The highest BCUT2D eigenvalue weighted by Gasteiger charge is 2.13. The molecule has 0 spiro atoms. The van der Waals surface area contributed by atoms with E-state index in [-0.39, 0.29) is 0 Å². The van der Waals surface area contributed by atoms with E-state index in [9.17, 15) is 0 Å². The number of hydrogen-bond donors (Lipinski definition) is 3. The summed E-state index contributed by atoms with van der Waals surface area (Å²) < 4.78 is 0. The van der Waals surface area contributed by atoms with E-state index >= 15 is 0 Å². The lowest BCUT2D eigenvalue weighted by molar-refractivity contribution is 0.312. The van der Waals surface area contributed by atoms with Gasteiger partial charge < -0.3 is 10.2 Å². The second-order valence-electron chi connectivity index (χ2n) is 4.88. The van der Waals surface area contributed by atoms with Crippen molar-refractivity contribution in [3.63, 3.8) is 0 Å². The standard InChI is InChI=1S/C13H29N5/c1-3-18(4-2)11-10-15-13(17-14)16-12-8-6-5-7-9-12/h12H,3-11,14H2,1-2H3,(H2,15,16,17). The Morgan fingerprint density at radius 3 is 2.44 bits per heavy atom. The third-order valence-electron chi connectivity index (χ3n) is 3.66. The van der Waals surface area contributed by atoms with Gasteiger partial charge in [-0.15, -0.1) is 0 Å². The van der Waals surface area contributed by atoms with E-state index in [4.69, 9.17) is 5.84 Å². The number of likely N-dealkylation sites (N-methyl/N-ethyl adjacent to an activating group) is 1. The molecule has 0 atom stereocenters. The van der Waals surface area contributed by atoms with Crippen LogP contribution in [0.15, 0.2) is 4.99 Å². The second-order valence-corrected chi connectivity index (χ2v) is 4.88. The van der Waals surface area contributed by atoms with Crippen LogP contribution in [0.25, 0.3) is 0 Å². The molecular weight excluding hydrogens is 226 g/mol. The smallest absolute Gasteiger partial charge is 0.205 e. The predicted molar refractivity (Wildman–Crippen MR) is 77.4 cm³/mol. The molecular formula is C13H29N5. The van der Waals surface area contributed by atoms with Crippen molar-refractivity contribution in [1.29, 1.82) is 0 Å². The van der Waals surface area contributed by atoms with Gasteiger partial charge in [0.1, 0.15) is 0 Å². The van der Waals surface area contributed by atoms with Crippen molar-refractivity contribution in [3.05, 3.63) is 0 Å². The molecule has 5 nitrogen and oxygen atoms in total. The van der Waals surface area contributed by atoms with Crippen LogP contribution in [0.4, 0.5) is 0 Å². The Hall–Kier alpha value is -0.810. The molecule has 1 aliphatic rings. The van der Waals surface area contributed by atoms with Crippen LogP contribution in [0.1, 0.15) is 46.0 Å². The number of rotatable bonds is 6. The molecule has 0 heterocycles. The summed E-state index contributed by atoms with van der Waals surface area (Å²) in [7, 11) is 0. The topological polar surface area (TPSA) is 65.7 Å². The van der Waals surface area contributed by atoms with Crippen molar-refractivity contribution in [2.24, 2.45) is 10.8 Å². The summed E-state index contributed by atoms with van der Waals surface area (Å²) in [4.78, 5) is 6.86. The van der Waals surface area contributed by atoms with Crippen LogP contribution in [0, 0.1) is 0 Å². The van der Waals surface area contributed by atoms with Crippen molar-refractivity contribution < 1.29 is 0 Å².